The van der Waals surface area contributed by atoms with Gasteiger partial charge in [-0.15, -0.1) is 0 Å². The molecular formula is C26H22F6. The average molecular weight is 448 g/mol. The lowest BCUT2D eigenvalue weighted by atomic mass is 9.65. The third-order valence-electron chi connectivity index (χ3n) is 6.71. The van der Waals surface area contributed by atoms with Crippen molar-refractivity contribution in [2.45, 2.75) is 51.6 Å². The maximum atomic E-state index is 14.6. The molecule has 2 aliphatic rings. The molecule has 0 spiro atoms. The minimum Gasteiger partial charge on any atom is -0.206 e. The molecule has 2 fully saturated rings. The largest absolute Gasteiger partial charge is 0.458 e. The zero-order valence-electron chi connectivity index (χ0n) is 17.6. The number of rotatable bonds is 0. The van der Waals surface area contributed by atoms with Crippen molar-refractivity contribution in [2.75, 3.05) is 0 Å². The molecular weight excluding hydrogens is 426 g/mol. The van der Waals surface area contributed by atoms with Crippen molar-refractivity contribution in [3.63, 3.8) is 0 Å². The number of hydrogen-bond donors (Lipinski definition) is 0. The van der Waals surface area contributed by atoms with Gasteiger partial charge < -0.3 is 0 Å². The van der Waals surface area contributed by atoms with E-state index in [0.29, 0.717) is 5.92 Å². The standard InChI is InChI=1S/C26H22F6/c1-15-2-6-19-11-16(5-7-18(19)10-15)3-4-17-12-20-14-22(27)21(8-9-26(30,31)32)25(29)24(20)23(28)13-17/h12-16,18-19H,2,5-7,10-11H2,1H3. The van der Waals surface area contributed by atoms with Gasteiger partial charge in [-0.1, -0.05) is 31.1 Å². The first kappa shape index (κ1) is 22.6. The van der Waals surface area contributed by atoms with Crippen LogP contribution in [0.1, 0.15) is 56.6 Å². The first-order chi connectivity index (χ1) is 15.1. The summed E-state index contributed by atoms with van der Waals surface area (Å²) >= 11 is 0. The Balaban J connectivity index is 1.60. The van der Waals surface area contributed by atoms with Crippen LogP contribution in [0.5, 0.6) is 0 Å². The van der Waals surface area contributed by atoms with Crippen LogP contribution in [0.25, 0.3) is 10.8 Å². The van der Waals surface area contributed by atoms with Gasteiger partial charge in [0.15, 0.2) is 5.82 Å². The predicted molar refractivity (Wildman–Crippen MR) is 111 cm³/mol. The normalized spacial score (nSPS) is 25.3. The van der Waals surface area contributed by atoms with Crippen molar-refractivity contribution < 1.29 is 26.3 Å². The summed E-state index contributed by atoms with van der Waals surface area (Å²) in [6.07, 6.45) is 1.95. The number of hydrogen-bond acceptors (Lipinski definition) is 0. The Labute approximate surface area is 183 Å². The van der Waals surface area contributed by atoms with Gasteiger partial charge in [0.1, 0.15) is 11.6 Å². The lowest BCUT2D eigenvalue weighted by Gasteiger charge is -2.40. The van der Waals surface area contributed by atoms with Gasteiger partial charge in [0.05, 0.1) is 10.9 Å². The number of fused-ring (bicyclic) bond motifs is 2. The van der Waals surface area contributed by atoms with Crippen molar-refractivity contribution in [3.05, 3.63) is 46.8 Å². The van der Waals surface area contributed by atoms with Crippen LogP contribution >= 0.6 is 0 Å². The van der Waals surface area contributed by atoms with Crippen LogP contribution in [0.3, 0.4) is 0 Å². The second-order valence-corrected chi connectivity index (χ2v) is 9.07. The van der Waals surface area contributed by atoms with Crippen LogP contribution in [0, 0.1) is 64.8 Å². The first-order valence-corrected chi connectivity index (χ1v) is 10.8. The van der Waals surface area contributed by atoms with E-state index in [1.54, 1.807) is 0 Å². The van der Waals surface area contributed by atoms with E-state index in [4.69, 9.17) is 0 Å². The molecule has 2 saturated carbocycles. The van der Waals surface area contributed by atoms with Gasteiger partial charge in [0, 0.05) is 17.4 Å². The minimum absolute atomic E-state index is 0.105. The maximum Gasteiger partial charge on any atom is 0.458 e. The molecule has 0 aliphatic heterocycles. The summed E-state index contributed by atoms with van der Waals surface area (Å²) < 4.78 is 80.3. The summed E-state index contributed by atoms with van der Waals surface area (Å²) in [5.41, 5.74) is -0.826. The molecule has 0 saturated heterocycles. The van der Waals surface area contributed by atoms with Crippen molar-refractivity contribution >= 4 is 10.8 Å². The van der Waals surface area contributed by atoms with Crippen molar-refractivity contribution in [2.24, 2.45) is 23.7 Å². The van der Waals surface area contributed by atoms with Gasteiger partial charge in [0.2, 0.25) is 0 Å². The molecule has 4 rings (SSSR count). The predicted octanol–water partition coefficient (Wildman–Crippen LogP) is 7.37. The Bertz CT molecular complexity index is 1150. The Morgan fingerprint density at radius 2 is 1.56 bits per heavy atom. The lowest BCUT2D eigenvalue weighted by Crippen LogP contribution is -2.29. The van der Waals surface area contributed by atoms with E-state index in [0.717, 1.165) is 49.2 Å². The highest BCUT2D eigenvalue weighted by atomic mass is 19.4. The van der Waals surface area contributed by atoms with Crippen LogP contribution in [0.4, 0.5) is 26.3 Å². The molecule has 0 radical (unpaired) electrons. The van der Waals surface area contributed by atoms with Gasteiger partial charge in [-0.2, -0.15) is 13.2 Å². The molecule has 2 aliphatic carbocycles. The molecule has 4 unspecified atom stereocenters. The fraction of sp³-hybridized carbons (Fsp3) is 0.462. The first-order valence-electron chi connectivity index (χ1n) is 10.8. The van der Waals surface area contributed by atoms with Gasteiger partial charge in [0.25, 0.3) is 0 Å². The molecule has 0 nitrogen and oxygen atoms in total. The smallest absolute Gasteiger partial charge is 0.206 e. The molecule has 32 heavy (non-hydrogen) atoms. The van der Waals surface area contributed by atoms with Gasteiger partial charge >= 0.3 is 6.18 Å². The average Bonchev–Trinajstić information content (AvgIpc) is 2.70. The third kappa shape index (κ3) is 4.90. The number of alkyl halides is 3. The molecule has 0 heterocycles. The molecule has 168 valence electrons. The molecule has 2 aromatic rings. The van der Waals surface area contributed by atoms with Gasteiger partial charge in [-0.05, 0) is 73.4 Å². The summed E-state index contributed by atoms with van der Waals surface area (Å²) in [5.74, 6) is 7.07. The van der Waals surface area contributed by atoms with Crippen LogP contribution in [-0.2, 0) is 0 Å². The monoisotopic (exact) mass is 448 g/mol. The number of benzene rings is 2. The highest BCUT2D eigenvalue weighted by Crippen LogP contribution is 2.44. The molecule has 4 atom stereocenters. The van der Waals surface area contributed by atoms with Crippen LogP contribution in [0.15, 0.2) is 18.2 Å². The summed E-state index contributed by atoms with van der Waals surface area (Å²) in [7, 11) is 0. The Hall–Kier alpha value is -2.60. The maximum absolute atomic E-state index is 14.6. The van der Waals surface area contributed by atoms with E-state index >= 15 is 0 Å². The molecule has 0 N–H and O–H groups in total. The molecule has 0 aromatic heterocycles. The van der Waals surface area contributed by atoms with E-state index in [1.807, 2.05) is 0 Å². The summed E-state index contributed by atoms with van der Waals surface area (Å²) in [6, 6.07) is 3.18. The second kappa shape index (κ2) is 8.74. The zero-order chi connectivity index (χ0) is 23.0. The van der Waals surface area contributed by atoms with Crippen LogP contribution in [0.2, 0.25) is 0 Å². The SMILES string of the molecule is CC1CCC2CC(C#Cc3cc(F)c4c(F)c(C#CC(F)(F)F)c(F)cc4c3)CCC2C1. The zero-order valence-corrected chi connectivity index (χ0v) is 17.6. The lowest BCUT2D eigenvalue weighted by molar-refractivity contribution is -0.0696. The van der Waals surface area contributed by atoms with E-state index in [2.05, 4.69) is 18.8 Å². The van der Waals surface area contributed by atoms with Crippen molar-refractivity contribution in [3.8, 4) is 23.7 Å². The molecule has 0 amide bonds. The Morgan fingerprint density at radius 1 is 0.844 bits per heavy atom. The van der Waals surface area contributed by atoms with E-state index in [-0.39, 0.29) is 16.9 Å². The summed E-state index contributed by atoms with van der Waals surface area (Å²) in [6.45, 7) is 2.30. The second-order valence-electron chi connectivity index (χ2n) is 9.07. The minimum atomic E-state index is -4.92. The fourth-order valence-corrected chi connectivity index (χ4v) is 5.17. The van der Waals surface area contributed by atoms with Gasteiger partial charge in [-0.3, -0.25) is 0 Å². The number of halogens is 6. The van der Waals surface area contributed by atoms with E-state index < -0.39 is 34.6 Å². The summed E-state index contributed by atoms with van der Waals surface area (Å²) in [5, 5.41) is -0.702. The van der Waals surface area contributed by atoms with Crippen LogP contribution in [-0.4, -0.2) is 6.18 Å². The van der Waals surface area contributed by atoms with E-state index in [9.17, 15) is 26.3 Å². The Kier molecular flexibility index (Phi) is 6.17. The van der Waals surface area contributed by atoms with Crippen molar-refractivity contribution in [1.82, 2.24) is 0 Å². The molecule has 2 aromatic carbocycles. The molecule has 0 bridgehead atoms. The third-order valence-corrected chi connectivity index (χ3v) is 6.71. The topological polar surface area (TPSA) is 0 Å². The molecule has 6 heteroatoms. The van der Waals surface area contributed by atoms with Gasteiger partial charge in [-0.25, -0.2) is 13.2 Å². The van der Waals surface area contributed by atoms with Crippen LogP contribution < -0.4 is 0 Å². The fourth-order valence-electron chi connectivity index (χ4n) is 5.17. The van der Waals surface area contributed by atoms with Crippen molar-refractivity contribution in [1.29, 1.82) is 0 Å². The quantitative estimate of drug-likeness (QED) is 0.291. The summed E-state index contributed by atoms with van der Waals surface area (Å²) in [4.78, 5) is 0. The van der Waals surface area contributed by atoms with E-state index in [1.165, 1.54) is 31.2 Å². The highest BCUT2D eigenvalue weighted by Gasteiger charge is 2.33. The Morgan fingerprint density at radius 3 is 2.31 bits per heavy atom. The highest BCUT2D eigenvalue weighted by molar-refractivity contribution is 5.87.